The molecular weight excluding hydrogens is 391 g/mol. The van der Waals surface area contributed by atoms with Crippen LogP contribution in [0.1, 0.15) is 33.2 Å². The molecule has 0 radical (unpaired) electrons. The summed E-state index contributed by atoms with van der Waals surface area (Å²) in [4.78, 5) is 39.3. The maximum Gasteiger partial charge on any atom is 0.256 e. The van der Waals surface area contributed by atoms with E-state index in [1.54, 1.807) is 42.5 Å². The van der Waals surface area contributed by atoms with Crippen molar-refractivity contribution in [2.75, 3.05) is 13.7 Å². The highest BCUT2D eigenvalue weighted by Gasteiger charge is 2.31. The summed E-state index contributed by atoms with van der Waals surface area (Å²) in [6.45, 7) is 2.67. The van der Waals surface area contributed by atoms with Crippen molar-refractivity contribution in [3.63, 3.8) is 0 Å². The molecule has 4 aromatic rings. The summed E-state index contributed by atoms with van der Waals surface area (Å²) in [5.41, 5.74) is 5.63. The van der Waals surface area contributed by atoms with E-state index >= 15 is 0 Å². The zero-order valence-electron chi connectivity index (χ0n) is 17.6. The highest BCUT2D eigenvalue weighted by atomic mass is 16.5. The Morgan fingerprint density at radius 2 is 1.94 bits per heavy atom. The molecular formula is C23H21BN4O3. The zero-order valence-corrected chi connectivity index (χ0v) is 17.6. The van der Waals surface area contributed by atoms with E-state index in [1.165, 1.54) is 0 Å². The number of nitrogens with one attached hydrogen (secondary N) is 1. The molecule has 1 N–H and O–H groups in total. The highest BCUT2D eigenvalue weighted by molar-refractivity contribution is 6.34. The fourth-order valence-electron chi connectivity index (χ4n) is 4.26. The summed E-state index contributed by atoms with van der Waals surface area (Å²) in [6.07, 6.45) is 3.24. The van der Waals surface area contributed by atoms with Gasteiger partial charge in [0, 0.05) is 41.6 Å². The Morgan fingerprint density at radius 1 is 1.16 bits per heavy atom. The second-order valence-corrected chi connectivity index (χ2v) is 8.04. The number of amides is 1. The molecule has 5 rings (SSSR count). The number of fused-ring (bicyclic) bond motifs is 4. The zero-order chi connectivity index (χ0) is 21.7. The Balaban J connectivity index is 1.61. The van der Waals surface area contributed by atoms with Gasteiger partial charge in [-0.15, -0.1) is 0 Å². The fraction of sp³-hybridized carbons (Fsp3) is 0.217. The third-order valence-corrected chi connectivity index (χ3v) is 6.12. The molecule has 1 amide bonds. The molecule has 0 saturated carbocycles. The number of rotatable bonds is 2. The number of aromatic nitrogens is 3. The first-order valence-corrected chi connectivity index (χ1v) is 10.2. The monoisotopic (exact) mass is 412 g/mol. The number of H-pyrrole nitrogens is 1. The van der Waals surface area contributed by atoms with Gasteiger partial charge >= 0.3 is 0 Å². The Morgan fingerprint density at radius 3 is 2.74 bits per heavy atom. The second-order valence-electron chi connectivity index (χ2n) is 8.04. The average Bonchev–Trinajstić information content (AvgIpc) is 2.78. The van der Waals surface area contributed by atoms with E-state index in [1.807, 2.05) is 26.9 Å². The number of carbonyl (C=O) groups excluding carboxylic acids is 1. The standard InChI is InChI=1S/C23H21BN4O3/c1-12-7-15-14(9-16(12)24)21-19(27-22(15)29)10-31-11-20(21)28(2)23(30)13-3-4-17-18(8-13)26-6-5-25-17/h3-9,20H,10-11,24H2,1-2H3,(H,27,29). The predicted octanol–water partition coefficient (Wildman–Crippen LogP) is 1.38. The van der Waals surface area contributed by atoms with Crippen LogP contribution in [0.15, 0.2) is 47.5 Å². The Labute approximate surface area is 179 Å². The minimum atomic E-state index is -0.324. The van der Waals surface area contributed by atoms with Crippen molar-refractivity contribution in [1.29, 1.82) is 0 Å². The highest BCUT2D eigenvalue weighted by Crippen LogP contribution is 2.33. The molecule has 0 bridgehead atoms. The van der Waals surface area contributed by atoms with Gasteiger partial charge in [0.25, 0.3) is 11.5 Å². The van der Waals surface area contributed by atoms with E-state index in [4.69, 9.17) is 4.74 Å². The molecule has 0 fully saturated rings. The van der Waals surface area contributed by atoms with Gasteiger partial charge in [0.2, 0.25) is 0 Å². The number of carbonyl (C=O) groups is 1. The number of ether oxygens (including phenoxy) is 1. The lowest BCUT2D eigenvalue weighted by molar-refractivity contribution is 0.0336. The summed E-state index contributed by atoms with van der Waals surface area (Å²) in [5, 5.41) is 1.51. The van der Waals surface area contributed by atoms with Crippen molar-refractivity contribution in [2.45, 2.75) is 19.6 Å². The summed E-state index contributed by atoms with van der Waals surface area (Å²) in [7, 11) is 3.80. The first-order chi connectivity index (χ1) is 14.9. The SMILES string of the molecule is Bc1cc2c3c([nH]c(=O)c2cc1C)COCC3N(C)C(=O)c1ccc2nccnc2c1. The van der Waals surface area contributed by atoms with E-state index in [0.717, 1.165) is 33.2 Å². The molecule has 154 valence electrons. The van der Waals surface area contributed by atoms with Gasteiger partial charge < -0.3 is 14.6 Å². The van der Waals surface area contributed by atoms with Gasteiger partial charge in [-0.3, -0.25) is 19.6 Å². The van der Waals surface area contributed by atoms with Gasteiger partial charge in [-0.05, 0) is 36.6 Å². The van der Waals surface area contributed by atoms with Crippen molar-refractivity contribution in [3.05, 3.63) is 75.5 Å². The van der Waals surface area contributed by atoms with Gasteiger partial charge in [-0.2, -0.15) is 0 Å². The van der Waals surface area contributed by atoms with Crippen LogP contribution in [-0.4, -0.2) is 47.3 Å². The largest absolute Gasteiger partial charge is 0.373 e. The van der Waals surface area contributed by atoms with Crippen molar-refractivity contribution < 1.29 is 9.53 Å². The van der Waals surface area contributed by atoms with Crippen LogP contribution < -0.4 is 11.0 Å². The molecule has 1 unspecified atom stereocenters. The fourth-order valence-corrected chi connectivity index (χ4v) is 4.26. The van der Waals surface area contributed by atoms with Gasteiger partial charge in [0.05, 0.1) is 30.3 Å². The van der Waals surface area contributed by atoms with Gasteiger partial charge in [0.1, 0.15) is 7.85 Å². The van der Waals surface area contributed by atoms with Crippen LogP contribution in [0.4, 0.5) is 0 Å². The lowest BCUT2D eigenvalue weighted by Gasteiger charge is -2.34. The normalized spacial score (nSPS) is 15.7. The number of aryl methyl sites for hydroxylation is 1. The third kappa shape index (κ3) is 3.20. The van der Waals surface area contributed by atoms with E-state index in [2.05, 4.69) is 15.0 Å². The molecule has 0 saturated heterocycles. The second kappa shape index (κ2) is 7.32. The average molecular weight is 412 g/mol. The number of hydrogen-bond donors (Lipinski definition) is 1. The number of aromatic amines is 1. The molecule has 2 aromatic heterocycles. The molecule has 0 spiro atoms. The number of pyridine rings is 1. The van der Waals surface area contributed by atoms with Crippen LogP contribution in [0.5, 0.6) is 0 Å². The van der Waals surface area contributed by atoms with Crippen molar-refractivity contribution in [1.82, 2.24) is 19.9 Å². The minimum absolute atomic E-state index is 0.136. The van der Waals surface area contributed by atoms with Crippen molar-refractivity contribution in [2.24, 2.45) is 0 Å². The molecule has 0 aliphatic carbocycles. The van der Waals surface area contributed by atoms with Crippen molar-refractivity contribution >= 4 is 41.0 Å². The van der Waals surface area contributed by atoms with Crippen LogP contribution in [0.3, 0.4) is 0 Å². The van der Waals surface area contributed by atoms with Gasteiger partial charge in [-0.1, -0.05) is 17.1 Å². The molecule has 2 aromatic carbocycles. The van der Waals surface area contributed by atoms with Gasteiger partial charge in [0.15, 0.2) is 0 Å². The van der Waals surface area contributed by atoms with Crippen LogP contribution in [0, 0.1) is 6.92 Å². The minimum Gasteiger partial charge on any atom is -0.373 e. The molecule has 7 nitrogen and oxygen atoms in total. The molecule has 3 heterocycles. The quantitative estimate of drug-likeness (QED) is 0.503. The number of hydrogen-bond acceptors (Lipinski definition) is 5. The third-order valence-electron chi connectivity index (χ3n) is 6.12. The van der Waals surface area contributed by atoms with E-state index in [0.29, 0.717) is 29.7 Å². The summed E-state index contributed by atoms with van der Waals surface area (Å²) >= 11 is 0. The van der Waals surface area contributed by atoms with Crippen LogP contribution in [0.2, 0.25) is 0 Å². The summed E-state index contributed by atoms with van der Waals surface area (Å²) in [6, 6.07) is 8.95. The Bertz CT molecular complexity index is 1420. The van der Waals surface area contributed by atoms with Gasteiger partial charge in [-0.25, -0.2) is 0 Å². The van der Waals surface area contributed by atoms with E-state index in [-0.39, 0.29) is 17.5 Å². The molecule has 1 aliphatic heterocycles. The number of benzene rings is 2. The van der Waals surface area contributed by atoms with E-state index < -0.39 is 0 Å². The summed E-state index contributed by atoms with van der Waals surface area (Å²) in [5.74, 6) is -0.141. The predicted molar refractivity (Wildman–Crippen MR) is 122 cm³/mol. The van der Waals surface area contributed by atoms with Crippen LogP contribution in [-0.2, 0) is 11.3 Å². The summed E-state index contributed by atoms with van der Waals surface area (Å²) < 4.78 is 5.76. The topological polar surface area (TPSA) is 88.2 Å². The maximum absolute atomic E-state index is 13.4. The van der Waals surface area contributed by atoms with Crippen LogP contribution >= 0.6 is 0 Å². The Hall–Kier alpha value is -3.52. The van der Waals surface area contributed by atoms with Crippen molar-refractivity contribution in [3.8, 4) is 0 Å². The lowest BCUT2D eigenvalue weighted by Crippen LogP contribution is -2.37. The Kier molecular flexibility index (Phi) is 4.59. The smallest absolute Gasteiger partial charge is 0.256 e. The van der Waals surface area contributed by atoms with Crippen LogP contribution in [0.25, 0.3) is 21.8 Å². The number of likely N-dealkylation sites (N-methyl/N-ethyl adjacent to an activating group) is 1. The first kappa shape index (κ1) is 19.4. The first-order valence-electron chi connectivity index (χ1n) is 10.2. The van der Waals surface area contributed by atoms with E-state index in [9.17, 15) is 9.59 Å². The lowest BCUT2D eigenvalue weighted by atomic mass is 9.86. The maximum atomic E-state index is 13.4. The molecule has 31 heavy (non-hydrogen) atoms. The molecule has 8 heteroatoms. The molecule has 1 aliphatic rings. The molecule has 1 atom stereocenters. The number of nitrogens with zero attached hydrogens (tertiary/aromatic N) is 3.